The van der Waals surface area contributed by atoms with E-state index in [1.54, 1.807) is 23.6 Å². The molecule has 0 radical (unpaired) electrons. The fourth-order valence-corrected chi connectivity index (χ4v) is 2.58. The van der Waals surface area contributed by atoms with Gasteiger partial charge in [0, 0.05) is 4.88 Å². The molecule has 0 aliphatic rings. The van der Waals surface area contributed by atoms with Gasteiger partial charge in [-0.05, 0) is 23.6 Å². The number of hydrogen-bond donors (Lipinski definition) is 2. The quantitative estimate of drug-likeness (QED) is 0.823. The molecule has 6 heteroatoms. The van der Waals surface area contributed by atoms with E-state index in [-0.39, 0.29) is 5.91 Å². The van der Waals surface area contributed by atoms with Crippen LogP contribution in [0.3, 0.4) is 0 Å². The Morgan fingerprint density at radius 1 is 1.44 bits per heavy atom. The zero-order valence-electron chi connectivity index (χ0n) is 9.63. The van der Waals surface area contributed by atoms with Gasteiger partial charge in [0.1, 0.15) is 0 Å². The minimum atomic E-state index is 0.00650. The Labute approximate surface area is 114 Å². The molecule has 1 amide bonds. The molecule has 3 N–H and O–H groups in total. The molecule has 0 aliphatic heterocycles. The fraction of sp³-hybridized carbons (Fsp3) is 0.167. The molecule has 0 atom stereocenters. The first kappa shape index (κ1) is 12.9. The van der Waals surface area contributed by atoms with Crippen LogP contribution in [0.1, 0.15) is 4.88 Å². The van der Waals surface area contributed by atoms with Crippen LogP contribution in [0.5, 0.6) is 0 Å². The molecule has 2 aromatic rings. The molecule has 4 nitrogen and oxygen atoms in total. The number of rotatable bonds is 5. The first-order valence-corrected chi connectivity index (χ1v) is 7.24. The highest BCUT2D eigenvalue weighted by Gasteiger charge is 2.04. The molecule has 0 saturated carbocycles. The minimum absolute atomic E-state index is 0.00650. The molecular formula is C12H13N3OS2. The van der Waals surface area contributed by atoms with Gasteiger partial charge in [0.05, 0.1) is 29.2 Å². The predicted octanol–water partition coefficient (Wildman–Crippen LogP) is 2.13. The zero-order valence-corrected chi connectivity index (χ0v) is 11.3. The lowest BCUT2D eigenvalue weighted by Crippen LogP contribution is -2.24. The van der Waals surface area contributed by atoms with Crippen LogP contribution in [-0.2, 0) is 11.3 Å². The fourth-order valence-electron chi connectivity index (χ4n) is 1.27. The lowest BCUT2D eigenvalue weighted by Gasteiger charge is -2.03. The summed E-state index contributed by atoms with van der Waals surface area (Å²) < 4.78 is 0. The van der Waals surface area contributed by atoms with Crippen LogP contribution in [-0.4, -0.2) is 16.6 Å². The summed E-state index contributed by atoms with van der Waals surface area (Å²) in [6, 6.07) is 7.56. The lowest BCUT2D eigenvalue weighted by atomic mass is 10.4. The lowest BCUT2D eigenvalue weighted by molar-refractivity contribution is -0.118. The van der Waals surface area contributed by atoms with Crippen LogP contribution in [0.25, 0.3) is 0 Å². The minimum Gasteiger partial charge on any atom is -0.397 e. The Bertz CT molecular complexity index is 497. The highest BCUT2D eigenvalue weighted by Crippen LogP contribution is 2.15. The number of aromatic nitrogens is 1. The van der Waals surface area contributed by atoms with Crippen molar-refractivity contribution in [1.82, 2.24) is 10.3 Å². The summed E-state index contributed by atoms with van der Waals surface area (Å²) in [4.78, 5) is 16.9. The van der Waals surface area contributed by atoms with Crippen molar-refractivity contribution in [3.05, 3.63) is 40.7 Å². The average Bonchev–Trinajstić information content (AvgIpc) is 2.89. The van der Waals surface area contributed by atoms with E-state index in [1.165, 1.54) is 11.8 Å². The first-order valence-electron chi connectivity index (χ1n) is 5.37. The number of pyridine rings is 1. The van der Waals surface area contributed by atoms with Crippen LogP contribution >= 0.6 is 23.1 Å². The van der Waals surface area contributed by atoms with Gasteiger partial charge < -0.3 is 11.1 Å². The van der Waals surface area contributed by atoms with Crippen LogP contribution in [0.4, 0.5) is 5.69 Å². The summed E-state index contributed by atoms with van der Waals surface area (Å²) in [7, 11) is 0. The van der Waals surface area contributed by atoms with E-state index in [0.717, 1.165) is 9.90 Å². The van der Waals surface area contributed by atoms with E-state index in [9.17, 15) is 4.79 Å². The van der Waals surface area contributed by atoms with Crippen LogP contribution < -0.4 is 11.1 Å². The van der Waals surface area contributed by atoms with Crippen molar-refractivity contribution < 1.29 is 4.79 Å². The maximum Gasteiger partial charge on any atom is 0.230 e. The third-order valence-corrected chi connectivity index (χ3v) is 3.97. The summed E-state index contributed by atoms with van der Waals surface area (Å²) >= 11 is 3.03. The Kier molecular flexibility index (Phi) is 4.60. The first-order chi connectivity index (χ1) is 8.74. The largest absolute Gasteiger partial charge is 0.397 e. The van der Waals surface area contributed by atoms with E-state index in [0.29, 0.717) is 18.0 Å². The third-order valence-electron chi connectivity index (χ3n) is 2.15. The van der Waals surface area contributed by atoms with Gasteiger partial charge in [-0.2, -0.15) is 0 Å². The molecular weight excluding hydrogens is 266 g/mol. The molecule has 0 fully saturated rings. The van der Waals surface area contributed by atoms with Crippen molar-refractivity contribution >= 4 is 34.7 Å². The van der Waals surface area contributed by atoms with Crippen molar-refractivity contribution in [2.75, 3.05) is 11.5 Å². The van der Waals surface area contributed by atoms with Gasteiger partial charge in [0.15, 0.2) is 0 Å². The number of carbonyl (C=O) groups is 1. The Morgan fingerprint density at radius 3 is 3.00 bits per heavy atom. The zero-order chi connectivity index (χ0) is 12.8. The van der Waals surface area contributed by atoms with E-state index in [4.69, 9.17) is 5.73 Å². The summed E-state index contributed by atoms with van der Waals surface area (Å²) in [6.45, 7) is 0.590. The number of thioether (sulfide) groups is 1. The van der Waals surface area contributed by atoms with Crippen LogP contribution in [0.2, 0.25) is 0 Å². The number of carbonyl (C=O) groups excluding carboxylic acids is 1. The Balaban J connectivity index is 1.73. The molecule has 18 heavy (non-hydrogen) atoms. The smallest absolute Gasteiger partial charge is 0.230 e. The van der Waals surface area contributed by atoms with Gasteiger partial charge in [-0.25, -0.2) is 4.98 Å². The molecule has 94 valence electrons. The monoisotopic (exact) mass is 279 g/mol. The SMILES string of the molecule is Nc1ccc(SCC(=O)NCc2cccs2)nc1. The number of hydrogen-bond acceptors (Lipinski definition) is 5. The molecule has 0 aromatic carbocycles. The summed E-state index contributed by atoms with van der Waals surface area (Å²) in [5.41, 5.74) is 6.16. The second-order valence-electron chi connectivity index (χ2n) is 3.57. The van der Waals surface area contributed by atoms with Gasteiger partial charge in [0.2, 0.25) is 5.91 Å². The van der Waals surface area contributed by atoms with Crippen LogP contribution in [0.15, 0.2) is 40.9 Å². The standard InChI is InChI=1S/C12H13N3OS2/c13-9-3-4-12(15-6-9)18-8-11(16)14-7-10-2-1-5-17-10/h1-6H,7-8,13H2,(H,14,16). The molecule has 2 rings (SSSR count). The number of anilines is 1. The van der Waals surface area contributed by atoms with Gasteiger partial charge in [0.25, 0.3) is 0 Å². The van der Waals surface area contributed by atoms with Crippen molar-refractivity contribution in [2.45, 2.75) is 11.6 Å². The van der Waals surface area contributed by atoms with Gasteiger partial charge in [-0.3, -0.25) is 4.79 Å². The van der Waals surface area contributed by atoms with Crippen molar-refractivity contribution in [3.8, 4) is 0 Å². The summed E-state index contributed by atoms with van der Waals surface area (Å²) in [5.74, 6) is 0.370. The van der Waals surface area contributed by atoms with Gasteiger partial charge in [-0.15, -0.1) is 11.3 Å². The molecule has 0 unspecified atom stereocenters. The Morgan fingerprint density at radius 2 is 2.33 bits per heavy atom. The number of nitrogen functional groups attached to an aromatic ring is 1. The predicted molar refractivity (Wildman–Crippen MR) is 75.5 cm³/mol. The number of thiophene rings is 1. The van der Waals surface area contributed by atoms with E-state index < -0.39 is 0 Å². The maximum absolute atomic E-state index is 11.6. The molecule has 2 aromatic heterocycles. The van der Waals surface area contributed by atoms with Crippen molar-refractivity contribution in [1.29, 1.82) is 0 Å². The highest BCUT2D eigenvalue weighted by molar-refractivity contribution is 7.99. The average molecular weight is 279 g/mol. The molecule has 0 saturated heterocycles. The van der Waals surface area contributed by atoms with Crippen molar-refractivity contribution in [3.63, 3.8) is 0 Å². The topological polar surface area (TPSA) is 68.0 Å². The number of nitrogens with zero attached hydrogens (tertiary/aromatic N) is 1. The van der Waals surface area contributed by atoms with E-state index in [2.05, 4.69) is 10.3 Å². The summed E-state index contributed by atoms with van der Waals surface area (Å²) in [5, 5.41) is 5.66. The molecule has 2 heterocycles. The molecule has 0 aliphatic carbocycles. The highest BCUT2D eigenvalue weighted by atomic mass is 32.2. The second kappa shape index (κ2) is 6.42. The number of amides is 1. The number of nitrogens with two attached hydrogens (primary N) is 1. The van der Waals surface area contributed by atoms with Crippen molar-refractivity contribution in [2.24, 2.45) is 0 Å². The second-order valence-corrected chi connectivity index (χ2v) is 5.60. The molecule has 0 bridgehead atoms. The van der Waals surface area contributed by atoms with Gasteiger partial charge in [-0.1, -0.05) is 17.8 Å². The maximum atomic E-state index is 11.6. The van der Waals surface area contributed by atoms with E-state index in [1.807, 2.05) is 23.6 Å². The normalized spacial score (nSPS) is 10.2. The third kappa shape index (κ3) is 4.05. The summed E-state index contributed by atoms with van der Waals surface area (Å²) in [6.07, 6.45) is 1.59. The number of nitrogens with one attached hydrogen (secondary N) is 1. The molecule has 0 spiro atoms. The Hall–Kier alpha value is -1.53. The van der Waals surface area contributed by atoms with Gasteiger partial charge >= 0.3 is 0 Å². The van der Waals surface area contributed by atoms with E-state index >= 15 is 0 Å². The van der Waals surface area contributed by atoms with Crippen LogP contribution in [0, 0.1) is 0 Å².